The Bertz CT molecular complexity index is 1410. The Morgan fingerprint density at radius 3 is 2.53 bits per heavy atom. The Balaban J connectivity index is 1.43. The van der Waals surface area contributed by atoms with Gasteiger partial charge in [0.1, 0.15) is 0 Å². The Kier molecular flexibility index (Phi) is 8.91. The van der Waals surface area contributed by atoms with Gasteiger partial charge in [-0.1, -0.05) is 72.2 Å². The molecule has 0 atom stereocenters. The summed E-state index contributed by atoms with van der Waals surface area (Å²) in [6.07, 6.45) is 1.65. The highest BCUT2D eigenvalue weighted by molar-refractivity contribution is 9.10. The van der Waals surface area contributed by atoms with E-state index in [1.54, 1.807) is 24.3 Å². The summed E-state index contributed by atoms with van der Waals surface area (Å²) in [5.74, 6) is 0.415. The normalized spacial score (nSPS) is 14.3. The van der Waals surface area contributed by atoms with Crippen LogP contribution in [0.5, 0.6) is 11.5 Å². The van der Waals surface area contributed by atoms with Crippen LogP contribution in [0.4, 0.5) is 10.5 Å². The lowest BCUT2D eigenvalue weighted by Crippen LogP contribution is -2.27. The SMILES string of the molecule is COc1cc(/C=C2\SC(=O)N(Cc3ccccc3Br)C2=O)ccc1OCC(=O)Nc1ccccc1C(C)C. The number of halogens is 1. The lowest BCUT2D eigenvalue weighted by Gasteiger charge is -2.15. The van der Waals surface area contributed by atoms with Gasteiger partial charge in [-0.05, 0) is 64.7 Å². The number of thioether (sulfide) groups is 1. The van der Waals surface area contributed by atoms with Crippen LogP contribution in [-0.2, 0) is 16.1 Å². The lowest BCUT2D eigenvalue weighted by molar-refractivity contribution is -0.123. The lowest BCUT2D eigenvalue weighted by atomic mass is 10.0. The summed E-state index contributed by atoms with van der Waals surface area (Å²) in [7, 11) is 1.50. The van der Waals surface area contributed by atoms with Crippen molar-refractivity contribution < 1.29 is 23.9 Å². The number of benzene rings is 3. The number of hydrogen-bond donors (Lipinski definition) is 1. The second kappa shape index (κ2) is 12.3. The second-order valence-corrected chi connectivity index (χ2v) is 10.7. The van der Waals surface area contributed by atoms with Gasteiger partial charge in [0.2, 0.25) is 0 Å². The minimum absolute atomic E-state index is 0.184. The van der Waals surface area contributed by atoms with Crippen molar-refractivity contribution in [2.75, 3.05) is 19.0 Å². The first-order chi connectivity index (χ1) is 18.3. The van der Waals surface area contributed by atoms with Gasteiger partial charge in [-0.25, -0.2) is 0 Å². The molecule has 3 aromatic carbocycles. The van der Waals surface area contributed by atoms with Crippen LogP contribution in [0.15, 0.2) is 76.1 Å². The molecule has 0 aliphatic carbocycles. The van der Waals surface area contributed by atoms with Gasteiger partial charge in [0.25, 0.3) is 17.1 Å². The molecule has 1 fully saturated rings. The van der Waals surface area contributed by atoms with Crippen LogP contribution >= 0.6 is 27.7 Å². The van der Waals surface area contributed by atoms with Crippen LogP contribution in [0.3, 0.4) is 0 Å². The van der Waals surface area contributed by atoms with E-state index in [0.717, 1.165) is 33.0 Å². The summed E-state index contributed by atoms with van der Waals surface area (Å²) < 4.78 is 12.0. The van der Waals surface area contributed by atoms with Gasteiger partial charge < -0.3 is 14.8 Å². The summed E-state index contributed by atoms with van der Waals surface area (Å²) in [5, 5.41) is 2.57. The van der Waals surface area contributed by atoms with E-state index < -0.39 is 0 Å². The van der Waals surface area contributed by atoms with Gasteiger partial charge in [-0.15, -0.1) is 0 Å². The molecule has 0 aromatic heterocycles. The molecule has 1 aliphatic rings. The van der Waals surface area contributed by atoms with Gasteiger partial charge in [0.05, 0.1) is 18.6 Å². The average molecular weight is 596 g/mol. The van der Waals surface area contributed by atoms with Gasteiger partial charge in [-0.2, -0.15) is 0 Å². The summed E-state index contributed by atoms with van der Waals surface area (Å²) >= 11 is 4.36. The smallest absolute Gasteiger partial charge is 0.293 e. The van der Waals surface area contributed by atoms with Crippen LogP contribution in [0, 0.1) is 0 Å². The molecule has 1 aliphatic heterocycles. The highest BCUT2D eigenvalue weighted by atomic mass is 79.9. The first-order valence-corrected chi connectivity index (χ1v) is 13.6. The fourth-order valence-electron chi connectivity index (χ4n) is 3.92. The van der Waals surface area contributed by atoms with Gasteiger partial charge in [0.15, 0.2) is 18.1 Å². The van der Waals surface area contributed by atoms with E-state index >= 15 is 0 Å². The van der Waals surface area contributed by atoms with Crippen molar-refractivity contribution in [3.8, 4) is 11.5 Å². The van der Waals surface area contributed by atoms with E-state index in [1.807, 2.05) is 48.5 Å². The van der Waals surface area contributed by atoms with Crippen molar-refractivity contribution in [3.63, 3.8) is 0 Å². The fraction of sp³-hybridized carbons (Fsp3) is 0.207. The highest BCUT2D eigenvalue weighted by Gasteiger charge is 2.35. The topological polar surface area (TPSA) is 84.9 Å². The molecule has 1 saturated heterocycles. The highest BCUT2D eigenvalue weighted by Crippen LogP contribution is 2.36. The number of imide groups is 1. The van der Waals surface area contributed by atoms with Crippen molar-refractivity contribution in [1.82, 2.24) is 4.90 Å². The van der Waals surface area contributed by atoms with E-state index in [2.05, 4.69) is 35.1 Å². The molecule has 0 unspecified atom stereocenters. The van der Waals surface area contributed by atoms with Gasteiger partial charge >= 0.3 is 0 Å². The molecular weight excluding hydrogens is 568 g/mol. The van der Waals surface area contributed by atoms with Crippen LogP contribution < -0.4 is 14.8 Å². The molecule has 0 bridgehead atoms. The summed E-state index contributed by atoms with van der Waals surface area (Å²) in [5.41, 5.74) is 3.31. The van der Waals surface area contributed by atoms with Crippen LogP contribution in [0.25, 0.3) is 6.08 Å². The first kappa shape index (κ1) is 27.5. The summed E-state index contributed by atoms with van der Waals surface area (Å²) in [6, 6.07) is 20.2. The van der Waals surface area contributed by atoms with Crippen molar-refractivity contribution in [3.05, 3.63) is 92.8 Å². The second-order valence-electron chi connectivity index (χ2n) is 8.85. The molecule has 9 heteroatoms. The molecule has 0 radical (unpaired) electrons. The third-order valence-corrected chi connectivity index (χ3v) is 7.54. The van der Waals surface area contributed by atoms with E-state index in [9.17, 15) is 14.4 Å². The largest absolute Gasteiger partial charge is 0.493 e. The van der Waals surface area contributed by atoms with Crippen molar-refractivity contribution >= 4 is 56.5 Å². The number of carbonyl (C=O) groups excluding carboxylic acids is 3. The van der Waals surface area contributed by atoms with Crippen LogP contribution in [0.1, 0.15) is 36.5 Å². The van der Waals surface area contributed by atoms with Gasteiger partial charge in [0, 0.05) is 10.2 Å². The molecule has 196 valence electrons. The van der Waals surface area contributed by atoms with E-state index in [0.29, 0.717) is 22.0 Å². The minimum atomic E-state index is -0.353. The van der Waals surface area contributed by atoms with E-state index in [4.69, 9.17) is 9.47 Å². The molecule has 3 amide bonds. The van der Waals surface area contributed by atoms with Gasteiger partial charge in [-0.3, -0.25) is 19.3 Å². The van der Waals surface area contributed by atoms with Crippen molar-refractivity contribution in [2.45, 2.75) is 26.3 Å². The maximum Gasteiger partial charge on any atom is 0.293 e. The first-order valence-electron chi connectivity index (χ1n) is 11.9. The zero-order valence-corrected chi connectivity index (χ0v) is 23.6. The zero-order valence-electron chi connectivity index (χ0n) is 21.2. The third kappa shape index (κ3) is 6.46. The number of amides is 3. The number of rotatable bonds is 9. The number of carbonyl (C=O) groups is 3. The molecular formula is C29H27BrN2O5S. The van der Waals surface area contributed by atoms with E-state index in [-0.39, 0.29) is 36.1 Å². The molecule has 4 rings (SSSR count). The molecule has 0 spiro atoms. The average Bonchev–Trinajstić information content (AvgIpc) is 3.16. The predicted octanol–water partition coefficient (Wildman–Crippen LogP) is 6.84. The van der Waals surface area contributed by atoms with Crippen molar-refractivity contribution in [1.29, 1.82) is 0 Å². The summed E-state index contributed by atoms with van der Waals surface area (Å²) in [6.45, 7) is 4.12. The predicted molar refractivity (Wildman–Crippen MR) is 153 cm³/mol. The van der Waals surface area contributed by atoms with Crippen LogP contribution in [-0.4, -0.2) is 35.7 Å². The maximum absolute atomic E-state index is 13.0. The number of para-hydroxylation sites is 1. The molecule has 0 saturated carbocycles. The standard InChI is InChI=1S/C29H27BrN2O5S/c1-18(2)21-9-5-7-11-23(21)31-27(33)17-37-24-13-12-19(14-25(24)36-3)15-26-28(34)32(29(35)38-26)16-20-8-4-6-10-22(20)30/h4-15,18H,16-17H2,1-3H3,(H,31,33)/b26-15-. The number of nitrogens with one attached hydrogen (secondary N) is 1. The number of hydrogen-bond acceptors (Lipinski definition) is 6. The van der Waals surface area contributed by atoms with Crippen molar-refractivity contribution in [2.24, 2.45) is 0 Å². The molecule has 7 nitrogen and oxygen atoms in total. The number of nitrogens with zero attached hydrogens (tertiary/aromatic N) is 1. The monoisotopic (exact) mass is 594 g/mol. The maximum atomic E-state index is 13.0. The number of ether oxygens (including phenoxy) is 2. The quantitative estimate of drug-likeness (QED) is 0.273. The third-order valence-electron chi connectivity index (χ3n) is 5.86. The van der Waals surface area contributed by atoms with Crippen LogP contribution in [0.2, 0.25) is 0 Å². The Hall–Kier alpha value is -3.56. The fourth-order valence-corrected chi connectivity index (χ4v) is 5.17. The molecule has 1 N–H and O–H groups in total. The molecule has 1 heterocycles. The number of methoxy groups -OCH3 is 1. The summed E-state index contributed by atoms with van der Waals surface area (Å²) in [4.78, 5) is 39.6. The Labute approximate surface area is 234 Å². The minimum Gasteiger partial charge on any atom is -0.493 e. The zero-order chi connectivity index (χ0) is 27.2. The Morgan fingerprint density at radius 1 is 1.05 bits per heavy atom. The van der Waals surface area contributed by atoms with E-state index in [1.165, 1.54) is 12.0 Å². The number of anilines is 1. The Morgan fingerprint density at radius 2 is 1.79 bits per heavy atom. The molecule has 3 aromatic rings. The molecule has 38 heavy (non-hydrogen) atoms.